The van der Waals surface area contributed by atoms with Gasteiger partial charge in [-0.2, -0.15) is 8.42 Å². The maximum absolute atomic E-state index is 11.2. The summed E-state index contributed by atoms with van der Waals surface area (Å²) in [6.45, 7) is 1.65. The summed E-state index contributed by atoms with van der Waals surface area (Å²) in [6.07, 6.45) is 0.991. The molecule has 22 heavy (non-hydrogen) atoms. The maximum atomic E-state index is 11.2. The molecule has 116 valence electrons. The van der Waals surface area contributed by atoms with Crippen LogP contribution in [-0.2, 0) is 16.7 Å². The molecule has 0 aliphatic heterocycles. The number of benzene rings is 2. The highest BCUT2D eigenvalue weighted by molar-refractivity contribution is 7.86. The fourth-order valence-electron chi connectivity index (χ4n) is 1.81. The van der Waals surface area contributed by atoms with E-state index in [1.54, 1.807) is 48.5 Å². The average Bonchev–Trinajstić information content (AvgIpc) is 2.45. The Labute approximate surface area is 129 Å². The second-order valence-electron chi connectivity index (χ2n) is 4.76. The minimum atomic E-state index is -3.59. The van der Waals surface area contributed by atoms with Crippen molar-refractivity contribution in [3.8, 4) is 11.5 Å². The van der Waals surface area contributed by atoms with Crippen LogP contribution in [0, 0.1) is 0 Å². The van der Waals surface area contributed by atoms with Crippen molar-refractivity contribution in [2.75, 3.05) is 6.26 Å². The fourth-order valence-corrected chi connectivity index (χ4v) is 2.30. The topological polar surface area (TPSA) is 69.7 Å². The van der Waals surface area contributed by atoms with Crippen molar-refractivity contribution in [2.24, 2.45) is 0 Å². The standard InChI is InChI=1S/C16H16O5S/c1-12(17)13-7-9-15(10-8-13)20-11-14-5-3-4-6-16(14)21-22(2,18)19/h3-10H,11H2,1-2H3. The summed E-state index contributed by atoms with van der Waals surface area (Å²) >= 11 is 0. The second kappa shape index (κ2) is 6.62. The summed E-state index contributed by atoms with van der Waals surface area (Å²) in [7, 11) is -3.59. The largest absolute Gasteiger partial charge is 0.489 e. The Morgan fingerprint density at radius 1 is 1.05 bits per heavy atom. The van der Waals surface area contributed by atoms with Gasteiger partial charge in [0.2, 0.25) is 0 Å². The summed E-state index contributed by atoms with van der Waals surface area (Å²) in [5, 5.41) is 0. The smallest absolute Gasteiger partial charge is 0.306 e. The Morgan fingerprint density at radius 2 is 1.68 bits per heavy atom. The molecule has 5 nitrogen and oxygen atoms in total. The van der Waals surface area contributed by atoms with Crippen molar-refractivity contribution in [1.29, 1.82) is 0 Å². The number of ketones is 1. The molecule has 0 atom stereocenters. The van der Waals surface area contributed by atoms with Crippen molar-refractivity contribution in [3.63, 3.8) is 0 Å². The first-order valence-electron chi connectivity index (χ1n) is 6.56. The number of ether oxygens (including phenoxy) is 1. The molecule has 0 aliphatic carbocycles. The highest BCUT2D eigenvalue weighted by atomic mass is 32.2. The molecular formula is C16H16O5S. The lowest BCUT2D eigenvalue weighted by molar-refractivity contribution is 0.101. The predicted molar refractivity (Wildman–Crippen MR) is 82.7 cm³/mol. The molecule has 0 aliphatic rings. The summed E-state index contributed by atoms with van der Waals surface area (Å²) in [4.78, 5) is 11.2. The zero-order valence-corrected chi connectivity index (χ0v) is 13.1. The van der Waals surface area contributed by atoms with E-state index in [0.29, 0.717) is 16.9 Å². The molecule has 0 unspecified atom stereocenters. The van der Waals surface area contributed by atoms with Crippen molar-refractivity contribution in [3.05, 3.63) is 59.7 Å². The number of hydrogen-bond acceptors (Lipinski definition) is 5. The molecule has 0 heterocycles. The Balaban J connectivity index is 2.10. The van der Waals surface area contributed by atoms with Crippen molar-refractivity contribution >= 4 is 15.9 Å². The van der Waals surface area contributed by atoms with Gasteiger partial charge in [0, 0.05) is 11.1 Å². The molecule has 0 bridgehead atoms. The lowest BCUT2D eigenvalue weighted by atomic mass is 10.1. The van der Waals surface area contributed by atoms with Gasteiger partial charge >= 0.3 is 10.1 Å². The molecule has 2 aromatic rings. The number of rotatable bonds is 6. The van der Waals surface area contributed by atoms with Crippen LogP contribution in [-0.4, -0.2) is 20.5 Å². The third-order valence-electron chi connectivity index (χ3n) is 2.87. The van der Waals surface area contributed by atoms with E-state index in [-0.39, 0.29) is 18.1 Å². The Bertz CT molecular complexity index is 763. The number of Topliss-reactive ketones (excluding diaryl/α,β-unsaturated/α-hetero) is 1. The van der Waals surface area contributed by atoms with E-state index in [9.17, 15) is 13.2 Å². The highest BCUT2D eigenvalue weighted by Gasteiger charge is 2.10. The van der Waals surface area contributed by atoms with E-state index in [1.807, 2.05) is 0 Å². The molecule has 0 saturated carbocycles. The Hall–Kier alpha value is -2.34. The molecule has 2 rings (SSSR count). The van der Waals surface area contributed by atoms with Crippen LogP contribution in [0.4, 0.5) is 0 Å². The third kappa shape index (κ3) is 4.60. The van der Waals surface area contributed by atoms with Crippen LogP contribution in [0.3, 0.4) is 0 Å². The fraction of sp³-hybridized carbons (Fsp3) is 0.188. The van der Waals surface area contributed by atoms with Gasteiger partial charge in [0.05, 0.1) is 6.26 Å². The van der Waals surface area contributed by atoms with E-state index < -0.39 is 10.1 Å². The van der Waals surface area contributed by atoms with Crippen molar-refractivity contribution in [2.45, 2.75) is 13.5 Å². The number of hydrogen-bond donors (Lipinski definition) is 0. The first-order valence-corrected chi connectivity index (χ1v) is 8.38. The van der Waals surface area contributed by atoms with E-state index in [2.05, 4.69) is 0 Å². The van der Waals surface area contributed by atoms with Gasteiger partial charge in [-0.3, -0.25) is 4.79 Å². The Morgan fingerprint density at radius 3 is 2.27 bits per heavy atom. The maximum Gasteiger partial charge on any atom is 0.306 e. The lowest BCUT2D eigenvalue weighted by Crippen LogP contribution is -2.08. The van der Waals surface area contributed by atoms with Crippen LogP contribution in [0.5, 0.6) is 11.5 Å². The van der Waals surface area contributed by atoms with Crippen molar-refractivity contribution in [1.82, 2.24) is 0 Å². The van der Waals surface area contributed by atoms with E-state index in [1.165, 1.54) is 6.92 Å². The van der Waals surface area contributed by atoms with E-state index in [0.717, 1.165) is 6.26 Å². The minimum Gasteiger partial charge on any atom is -0.489 e. The lowest BCUT2D eigenvalue weighted by Gasteiger charge is -2.11. The van der Waals surface area contributed by atoms with Crippen LogP contribution in [0.2, 0.25) is 0 Å². The quantitative estimate of drug-likeness (QED) is 0.604. The summed E-state index contributed by atoms with van der Waals surface area (Å²) in [6, 6.07) is 13.5. The molecule has 0 saturated heterocycles. The summed E-state index contributed by atoms with van der Waals surface area (Å²) in [5.74, 6) is 0.808. The normalized spacial score (nSPS) is 11.0. The van der Waals surface area contributed by atoms with Gasteiger partial charge in [-0.05, 0) is 37.3 Å². The van der Waals surface area contributed by atoms with Gasteiger partial charge in [-0.15, -0.1) is 0 Å². The second-order valence-corrected chi connectivity index (χ2v) is 6.34. The van der Waals surface area contributed by atoms with Gasteiger partial charge < -0.3 is 8.92 Å². The van der Waals surface area contributed by atoms with Crippen LogP contribution in [0.1, 0.15) is 22.8 Å². The zero-order valence-electron chi connectivity index (χ0n) is 12.3. The highest BCUT2D eigenvalue weighted by Crippen LogP contribution is 2.22. The molecule has 6 heteroatoms. The number of carbonyl (C=O) groups is 1. The monoisotopic (exact) mass is 320 g/mol. The Kier molecular flexibility index (Phi) is 4.82. The zero-order chi connectivity index (χ0) is 16.2. The predicted octanol–water partition coefficient (Wildman–Crippen LogP) is 2.81. The molecule has 0 spiro atoms. The van der Waals surface area contributed by atoms with E-state index in [4.69, 9.17) is 8.92 Å². The first-order chi connectivity index (χ1) is 10.3. The van der Waals surface area contributed by atoms with Gasteiger partial charge in [0.15, 0.2) is 5.78 Å². The third-order valence-corrected chi connectivity index (χ3v) is 3.35. The SMILES string of the molecule is CC(=O)c1ccc(OCc2ccccc2OS(C)(=O)=O)cc1. The van der Waals surface area contributed by atoms with E-state index >= 15 is 0 Å². The van der Waals surface area contributed by atoms with Crippen LogP contribution >= 0.6 is 0 Å². The van der Waals surface area contributed by atoms with Gasteiger partial charge in [-0.1, -0.05) is 18.2 Å². The average molecular weight is 320 g/mol. The number of carbonyl (C=O) groups excluding carboxylic acids is 1. The molecule has 0 N–H and O–H groups in total. The van der Waals surface area contributed by atoms with Gasteiger partial charge in [0.25, 0.3) is 0 Å². The molecule has 2 aromatic carbocycles. The first kappa shape index (κ1) is 16.0. The van der Waals surface area contributed by atoms with Crippen LogP contribution in [0.15, 0.2) is 48.5 Å². The van der Waals surface area contributed by atoms with Crippen LogP contribution in [0.25, 0.3) is 0 Å². The molecule has 0 amide bonds. The van der Waals surface area contributed by atoms with Crippen LogP contribution < -0.4 is 8.92 Å². The summed E-state index contributed by atoms with van der Waals surface area (Å²) in [5.41, 5.74) is 1.22. The molecular weight excluding hydrogens is 304 g/mol. The van der Waals surface area contributed by atoms with Gasteiger partial charge in [0.1, 0.15) is 18.1 Å². The molecule has 0 radical (unpaired) electrons. The summed E-state index contributed by atoms with van der Waals surface area (Å²) < 4.78 is 33.0. The molecule has 0 fully saturated rings. The minimum absolute atomic E-state index is 0.0153. The molecule has 0 aromatic heterocycles. The van der Waals surface area contributed by atoms with Gasteiger partial charge in [-0.25, -0.2) is 0 Å². The number of para-hydroxylation sites is 1. The van der Waals surface area contributed by atoms with Crippen molar-refractivity contribution < 1.29 is 22.1 Å².